The third-order valence-electron chi connectivity index (χ3n) is 7.06. The number of benzene rings is 3. The fourth-order valence-corrected chi connectivity index (χ4v) is 4.93. The van der Waals surface area contributed by atoms with Crippen LogP contribution in [0.15, 0.2) is 60.7 Å². The maximum Gasteiger partial charge on any atom is 0.249 e. The Labute approximate surface area is 195 Å². The lowest BCUT2D eigenvalue weighted by molar-refractivity contribution is -0.128. The minimum atomic E-state index is -0.543. The molecule has 2 unspecified atom stereocenters. The summed E-state index contributed by atoms with van der Waals surface area (Å²) in [6.07, 6.45) is 3.81. The van der Waals surface area contributed by atoms with E-state index >= 15 is 0 Å². The highest BCUT2D eigenvalue weighted by Crippen LogP contribution is 2.44. The number of carbonyl (C=O) groups is 2. The van der Waals surface area contributed by atoms with Crippen molar-refractivity contribution in [3.63, 3.8) is 0 Å². The molecule has 0 saturated heterocycles. The summed E-state index contributed by atoms with van der Waals surface area (Å²) in [4.78, 5) is 28.3. The van der Waals surface area contributed by atoms with Crippen LogP contribution in [0.2, 0.25) is 0 Å². The summed E-state index contributed by atoms with van der Waals surface area (Å²) >= 11 is 0. The molecule has 5 rings (SSSR count). The number of hydrogen-bond acceptors (Lipinski definition) is 3. The van der Waals surface area contributed by atoms with E-state index in [4.69, 9.17) is 0 Å². The summed E-state index contributed by atoms with van der Waals surface area (Å²) in [6, 6.07) is 20.2. The first-order chi connectivity index (χ1) is 16.1. The molecule has 0 spiro atoms. The van der Waals surface area contributed by atoms with Crippen molar-refractivity contribution in [3.8, 4) is 0 Å². The topological polar surface area (TPSA) is 61.4 Å². The molecule has 2 aliphatic rings. The van der Waals surface area contributed by atoms with Gasteiger partial charge in [-0.2, -0.15) is 0 Å². The molecule has 5 nitrogen and oxygen atoms in total. The molecule has 1 aliphatic heterocycles. The maximum atomic E-state index is 13.8. The van der Waals surface area contributed by atoms with Gasteiger partial charge in [-0.05, 0) is 79.1 Å². The number of para-hydroxylation sites is 1. The van der Waals surface area contributed by atoms with Crippen molar-refractivity contribution in [2.24, 2.45) is 0 Å². The minimum Gasteiger partial charge on any atom is -0.343 e. The Hall–Kier alpha value is -3.18. The predicted molar refractivity (Wildman–Crippen MR) is 132 cm³/mol. The van der Waals surface area contributed by atoms with Gasteiger partial charge in [0, 0.05) is 5.69 Å². The summed E-state index contributed by atoms with van der Waals surface area (Å²) in [5, 5.41) is 8.45. The summed E-state index contributed by atoms with van der Waals surface area (Å²) in [6.45, 7) is 2.30. The molecule has 1 heterocycles. The smallest absolute Gasteiger partial charge is 0.249 e. The Morgan fingerprint density at radius 2 is 1.79 bits per heavy atom. The normalized spacial score (nSPS) is 19.2. The molecule has 1 fully saturated rings. The van der Waals surface area contributed by atoms with E-state index in [1.807, 2.05) is 23.1 Å². The summed E-state index contributed by atoms with van der Waals surface area (Å²) in [5.41, 5.74) is 4.65. The van der Waals surface area contributed by atoms with Crippen LogP contribution in [0.3, 0.4) is 0 Å². The molecule has 3 aromatic carbocycles. The van der Waals surface area contributed by atoms with Gasteiger partial charge in [0.2, 0.25) is 11.8 Å². The van der Waals surface area contributed by atoms with Crippen molar-refractivity contribution in [3.05, 3.63) is 77.4 Å². The van der Waals surface area contributed by atoms with E-state index < -0.39 is 6.04 Å². The lowest BCUT2D eigenvalue weighted by Crippen LogP contribution is -2.52. The average Bonchev–Trinajstić information content (AvgIpc) is 3.69. The monoisotopic (exact) mass is 441 g/mol. The molecule has 3 aromatic rings. The van der Waals surface area contributed by atoms with Crippen LogP contribution >= 0.6 is 0 Å². The zero-order chi connectivity index (χ0) is 22.9. The van der Waals surface area contributed by atoms with E-state index in [1.54, 1.807) is 14.0 Å². The van der Waals surface area contributed by atoms with Crippen LogP contribution in [0.4, 0.5) is 5.69 Å². The van der Waals surface area contributed by atoms with E-state index in [9.17, 15) is 9.59 Å². The SMILES string of the molecule is CNC(C)C(=O)NC1CCc2ccccc2N(Cc2cccc3cccc(C4CC4)c23)C1=O. The molecule has 33 heavy (non-hydrogen) atoms. The number of carbonyl (C=O) groups excluding carboxylic acids is 2. The standard InChI is InChI=1S/C28H31N3O2/c1-18(29-2)27(32)30-24-16-15-20-7-3-4-12-25(20)31(28(24)33)17-22-10-5-8-21-9-6-11-23(26(21)22)19-13-14-19/h3-12,18-19,24,29H,13-17H2,1-2H3,(H,30,32). The van der Waals surface area contributed by atoms with Gasteiger partial charge in [-0.15, -0.1) is 0 Å². The van der Waals surface area contributed by atoms with Crippen molar-refractivity contribution < 1.29 is 9.59 Å². The summed E-state index contributed by atoms with van der Waals surface area (Å²) in [5.74, 6) is 0.428. The molecule has 5 heteroatoms. The Bertz CT molecular complexity index is 1200. The van der Waals surface area contributed by atoms with Gasteiger partial charge in [0.15, 0.2) is 0 Å². The number of likely N-dealkylation sites (N-methyl/N-ethyl adjacent to an activating group) is 1. The minimum absolute atomic E-state index is 0.0440. The van der Waals surface area contributed by atoms with Gasteiger partial charge in [0.25, 0.3) is 0 Å². The molecule has 0 radical (unpaired) electrons. The average molecular weight is 442 g/mol. The van der Waals surface area contributed by atoms with Gasteiger partial charge in [-0.1, -0.05) is 54.6 Å². The van der Waals surface area contributed by atoms with Gasteiger partial charge >= 0.3 is 0 Å². The number of nitrogens with zero attached hydrogens (tertiary/aromatic N) is 1. The Kier molecular flexibility index (Phi) is 5.90. The van der Waals surface area contributed by atoms with Gasteiger partial charge in [0.1, 0.15) is 6.04 Å². The molecular weight excluding hydrogens is 410 g/mol. The molecule has 2 amide bonds. The molecule has 170 valence electrons. The fourth-order valence-electron chi connectivity index (χ4n) is 4.93. The van der Waals surface area contributed by atoms with E-state index in [-0.39, 0.29) is 17.9 Å². The predicted octanol–water partition coefficient (Wildman–Crippen LogP) is 4.29. The van der Waals surface area contributed by atoms with Gasteiger partial charge < -0.3 is 15.5 Å². The van der Waals surface area contributed by atoms with E-state index in [1.165, 1.54) is 29.2 Å². The second-order valence-corrected chi connectivity index (χ2v) is 9.30. The largest absolute Gasteiger partial charge is 0.343 e. The Balaban J connectivity index is 1.54. The van der Waals surface area contributed by atoms with E-state index in [0.29, 0.717) is 18.9 Å². The molecule has 2 atom stereocenters. The lowest BCUT2D eigenvalue weighted by Gasteiger charge is -2.28. The first-order valence-corrected chi connectivity index (χ1v) is 11.9. The quantitative estimate of drug-likeness (QED) is 0.600. The van der Waals surface area contributed by atoms with Crippen molar-refractivity contribution in [1.82, 2.24) is 10.6 Å². The highest BCUT2D eigenvalue weighted by atomic mass is 16.2. The number of nitrogens with one attached hydrogen (secondary N) is 2. The van der Waals surface area contributed by atoms with Crippen LogP contribution in [0.5, 0.6) is 0 Å². The van der Waals surface area contributed by atoms with Crippen molar-refractivity contribution in [2.75, 3.05) is 11.9 Å². The van der Waals surface area contributed by atoms with E-state index in [2.05, 4.69) is 53.1 Å². The number of anilines is 1. The van der Waals surface area contributed by atoms with Gasteiger partial charge in [-0.25, -0.2) is 0 Å². The molecule has 0 aromatic heterocycles. The Morgan fingerprint density at radius 3 is 2.55 bits per heavy atom. The molecular formula is C28H31N3O2. The van der Waals surface area contributed by atoms with Crippen LogP contribution in [0.1, 0.15) is 48.8 Å². The van der Waals surface area contributed by atoms with Crippen molar-refractivity contribution in [1.29, 1.82) is 0 Å². The second-order valence-electron chi connectivity index (χ2n) is 9.30. The van der Waals surface area contributed by atoms with Crippen molar-refractivity contribution in [2.45, 2.75) is 57.2 Å². The number of hydrogen-bond donors (Lipinski definition) is 2. The molecule has 1 saturated carbocycles. The van der Waals surface area contributed by atoms with Crippen molar-refractivity contribution >= 4 is 28.3 Å². The van der Waals surface area contributed by atoms with Crippen LogP contribution in [0, 0.1) is 0 Å². The van der Waals surface area contributed by atoms with Crippen LogP contribution in [-0.4, -0.2) is 30.9 Å². The van der Waals surface area contributed by atoms with E-state index in [0.717, 1.165) is 23.2 Å². The number of aryl methyl sites for hydroxylation is 1. The lowest BCUT2D eigenvalue weighted by atomic mass is 9.96. The number of amides is 2. The zero-order valence-electron chi connectivity index (χ0n) is 19.3. The Morgan fingerprint density at radius 1 is 1.03 bits per heavy atom. The highest BCUT2D eigenvalue weighted by molar-refractivity contribution is 6.01. The molecule has 0 bridgehead atoms. The first kappa shape index (κ1) is 21.7. The second kappa shape index (κ2) is 8.99. The van der Waals surface area contributed by atoms with Crippen LogP contribution in [0.25, 0.3) is 10.8 Å². The number of fused-ring (bicyclic) bond motifs is 2. The van der Waals surface area contributed by atoms with Gasteiger partial charge in [-0.3, -0.25) is 9.59 Å². The fraction of sp³-hybridized carbons (Fsp3) is 0.357. The third kappa shape index (κ3) is 4.25. The maximum absolute atomic E-state index is 13.8. The summed E-state index contributed by atoms with van der Waals surface area (Å²) in [7, 11) is 1.75. The van der Waals surface area contributed by atoms with Gasteiger partial charge in [0.05, 0.1) is 12.6 Å². The third-order valence-corrected chi connectivity index (χ3v) is 7.06. The van der Waals surface area contributed by atoms with Crippen LogP contribution < -0.4 is 15.5 Å². The molecule has 1 aliphatic carbocycles. The van der Waals surface area contributed by atoms with Crippen LogP contribution in [-0.2, 0) is 22.6 Å². The highest BCUT2D eigenvalue weighted by Gasteiger charge is 2.33. The number of rotatable bonds is 6. The summed E-state index contributed by atoms with van der Waals surface area (Å²) < 4.78 is 0. The molecule has 2 N–H and O–H groups in total. The first-order valence-electron chi connectivity index (χ1n) is 11.9. The zero-order valence-corrected chi connectivity index (χ0v) is 19.3.